The van der Waals surface area contributed by atoms with Crippen molar-refractivity contribution in [3.63, 3.8) is 0 Å². The third-order valence-electron chi connectivity index (χ3n) is 4.79. The van der Waals surface area contributed by atoms with Gasteiger partial charge in [0.15, 0.2) is 15.4 Å². The zero-order valence-electron chi connectivity index (χ0n) is 19.2. The summed E-state index contributed by atoms with van der Waals surface area (Å²) in [6, 6.07) is 19.4. The first kappa shape index (κ1) is 25.3. The van der Waals surface area contributed by atoms with Crippen molar-refractivity contribution in [2.45, 2.75) is 0 Å². The van der Waals surface area contributed by atoms with Crippen LogP contribution < -0.4 is 26.6 Å². The van der Waals surface area contributed by atoms with Gasteiger partial charge in [-0.3, -0.25) is 5.32 Å². The van der Waals surface area contributed by atoms with E-state index in [0.29, 0.717) is 21.0 Å². The minimum absolute atomic E-state index is 0.0966. The molecule has 0 aliphatic rings. The van der Waals surface area contributed by atoms with Crippen molar-refractivity contribution < 1.29 is 8.78 Å². The predicted octanol–water partition coefficient (Wildman–Crippen LogP) is 6.12. The maximum absolute atomic E-state index is 13.6. The highest BCUT2D eigenvalue weighted by molar-refractivity contribution is 7.81. The number of rotatable bonds is 6. The molecule has 14 heteroatoms. The Labute approximate surface area is 229 Å². The lowest BCUT2D eigenvalue weighted by molar-refractivity contribution is 0.628. The second-order valence-corrected chi connectivity index (χ2v) is 9.44. The molecule has 0 spiro atoms. The van der Waals surface area contributed by atoms with Crippen LogP contribution in [0.1, 0.15) is 0 Å². The summed E-state index contributed by atoms with van der Waals surface area (Å²) in [4.78, 5) is 17.5. The highest BCUT2D eigenvalue weighted by Crippen LogP contribution is 2.28. The van der Waals surface area contributed by atoms with Gasteiger partial charge in [-0.05, 0) is 79.0 Å². The second kappa shape index (κ2) is 11.3. The first-order valence-electron chi connectivity index (χ1n) is 11.0. The van der Waals surface area contributed by atoms with Crippen LogP contribution in [0.5, 0.6) is 0 Å². The normalized spacial score (nSPS) is 10.6. The number of fused-ring (bicyclic) bond motifs is 1. The van der Waals surface area contributed by atoms with Crippen molar-refractivity contribution in [1.29, 1.82) is 0 Å². The van der Waals surface area contributed by atoms with E-state index in [1.807, 2.05) is 30.3 Å². The molecule has 5 N–H and O–H groups in total. The Balaban J connectivity index is 1.37. The lowest BCUT2D eigenvalue weighted by Gasteiger charge is -2.13. The first-order chi connectivity index (χ1) is 18.4. The maximum Gasteiger partial charge on any atom is 0.235 e. The fourth-order valence-corrected chi connectivity index (χ4v) is 4.48. The molecule has 0 fully saturated rings. The van der Waals surface area contributed by atoms with Gasteiger partial charge in [0.2, 0.25) is 17.8 Å². The number of hydrogen-bond donors (Lipinski definition) is 5. The van der Waals surface area contributed by atoms with Gasteiger partial charge in [-0.1, -0.05) is 29.5 Å². The lowest BCUT2D eigenvalue weighted by Crippen LogP contribution is -2.24. The Kier molecular flexibility index (Phi) is 7.53. The molecular weight excluding hydrogens is 549 g/mol. The molecule has 9 nitrogen and oxygen atoms in total. The molecule has 0 bridgehead atoms. The number of para-hydroxylation sites is 1. The predicted molar refractivity (Wildman–Crippen MR) is 155 cm³/mol. The first-order valence-corrected chi connectivity index (χ1v) is 12.6. The number of nitrogens with zero attached hydrogens (tertiary/aromatic N) is 4. The smallest absolute Gasteiger partial charge is 0.235 e. The van der Waals surface area contributed by atoms with Gasteiger partial charge in [-0.25, -0.2) is 13.8 Å². The number of halogens is 2. The van der Waals surface area contributed by atoms with E-state index in [0.717, 1.165) is 5.69 Å². The zero-order chi connectivity index (χ0) is 26.5. The average molecular weight is 566 g/mol. The standard InChI is InChI=1S/C24H17F2N9S3/c25-13-6-9-16(10-7-13)28-23(37)34-20-30-19(33-22(36)27-15-4-2-1-3-5-15)31-21(32-20)35-24-29-17-11-8-14(26)12-18(17)38-24/h1-12H,(H5,27,28,29,30,31,32,33,34,35,36,37). The van der Waals surface area contributed by atoms with Crippen molar-refractivity contribution in [2.24, 2.45) is 0 Å². The van der Waals surface area contributed by atoms with E-state index in [2.05, 4.69) is 46.5 Å². The molecule has 5 rings (SSSR count). The van der Waals surface area contributed by atoms with Gasteiger partial charge in [0.1, 0.15) is 11.6 Å². The lowest BCUT2D eigenvalue weighted by atomic mass is 10.3. The number of aromatic nitrogens is 4. The Morgan fingerprint density at radius 3 is 1.87 bits per heavy atom. The highest BCUT2D eigenvalue weighted by Gasteiger charge is 2.13. The van der Waals surface area contributed by atoms with Gasteiger partial charge in [-0.15, -0.1) is 0 Å². The number of nitrogens with one attached hydrogen (secondary N) is 5. The average Bonchev–Trinajstić information content (AvgIpc) is 3.27. The van der Waals surface area contributed by atoms with Crippen LogP contribution in [0.4, 0.5) is 43.1 Å². The van der Waals surface area contributed by atoms with Crippen LogP contribution in [0.15, 0.2) is 72.8 Å². The van der Waals surface area contributed by atoms with Crippen LogP contribution in [-0.4, -0.2) is 30.2 Å². The van der Waals surface area contributed by atoms with Crippen LogP contribution in [0.25, 0.3) is 10.2 Å². The molecule has 2 heterocycles. The minimum Gasteiger partial charge on any atom is -0.332 e. The molecule has 0 saturated carbocycles. The summed E-state index contributed by atoms with van der Waals surface area (Å²) in [6.45, 7) is 0. The molecule has 0 amide bonds. The molecule has 5 aromatic rings. The topological polar surface area (TPSA) is 112 Å². The highest BCUT2D eigenvalue weighted by atomic mass is 32.1. The number of anilines is 6. The van der Waals surface area contributed by atoms with Crippen LogP contribution in [0.2, 0.25) is 0 Å². The van der Waals surface area contributed by atoms with E-state index in [4.69, 9.17) is 24.4 Å². The van der Waals surface area contributed by atoms with Crippen LogP contribution in [-0.2, 0) is 0 Å². The van der Waals surface area contributed by atoms with Gasteiger partial charge >= 0.3 is 0 Å². The Bertz CT molecular complexity index is 1610. The fourth-order valence-electron chi connectivity index (χ4n) is 3.17. The summed E-state index contributed by atoms with van der Waals surface area (Å²) in [5, 5.41) is 15.7. The number of thiocarbonyl (C=S) groups is 2. The largest absolute Gasteiger partial charge is 0.332 e. The number of hydrogen-bond acceptors (Lipinski definition) is 8. The van der Waals surface area contributed by atoms with E-state index in [1.54, 1.807) is 18.2 Å². The van der Waals surface area contributed by atoms with E-state index >= 15 is 0 Å². The molecular formula is C24H17F2N9S3. The Hall–Kier alpha value is -4.40. The van der Waals surface area contributed by atoms with Crippen LogP contribution in [0, 0.1) is 11.6 Å². The van der Waals surface area contributed by atoms with Crippen molar-refractivity contribution in [3.8, 4) is 0 Å². The van der Waals surface area contributed by atoms with Gasteiger partial charge < -0.3 is 21.3 Å². The Morgan fingerprint density at radius 2 is 1.21 bits per heavy atom. The van der Waals surface area contributed by atoms with Crippen molar-refractivity contribution in [2.75, 3.05) is 26.6 Å². The third-order valence-corrected chi connectivity index (χ3v) is 6.13. The minimum atomic E-state index is -0.365. The molecule has 190 valence electrons. The molecule has 0 unspecified atom stereocenters. The summed E-state index contributed by atoms with van der Waals surface area (Å²) in [6.07, 6.45) is 0. The summed E-state index contributed by atoms with van der Waals surface area (Å²) in [5.41, 5.74) is 1.98. The second-order valence-electron chi connectivity index (χ2n) is 7.59. The van der Waals surface area contributed by atoms with Crippen molar-refractivity contribution in [3.05, 3.63) is 84.4 Å². The van der Waals surface area contributed by atoms with Gasteiger partial charge in [0.05, 0.1) is 10.2 Å². The maximum atomic E-state index is 13.6. The van der Waals surface area contributed by atoms with Gasteiger partial charge in [0, 0.05) is 11.4 Å². The summed E-state index contributed by atoms with van der Waals surface area (Å²) in [7, 11) is 0. The monoisotopic (exact) mass is 565 g/mol. The molecule has 2 aromatic heterocycles. The summed E-state index contributed by atoms with van der Waals surface area (Å²) >= 11 is 12.0. The van der Waals surface area contributed by atoms with Gasteiger partial charge in [-0.2, -0.15) is 15.0 Å². The van der Waals surface area contributed by atoms with Gasteiger partial charge in [0.25, 0.3) is 0 Å². The number of benzene rings is 3. The van der Waals surface area contributed by atoms with Crippen LogP contribution in [0.3, 0.4) is 0 Å². The Morgan fingerprint density at radius 1 is 0.632 bits per heavy atom. The molecule has 0 saturated heterocycles. The molecule has 38 heavy (non-hydrogen) atoms. The number of thiazole rings is 1. The third kappa shape index (κ3) is 6.67. The molecule has 0 aliphatic heterocycles. The molecule has 0 atom stereocenters. The van der Waals surface area contributed by atoms with E-state index in [1.165, 1.54) is 35.6 Å². The molecule has 0 aliphatic carbocycles. The van der Waals surface area contributed by atoms with Crippen molar-refractivity contribution in [1.82, 2.24) is 19.9 Å². The van der Waals surface area contributed by atoms with E-state index in [-0.39, 0.29) is 39.7 Å². The quantitative estimate of drug-likeness (QED) is 0.154. The zero-order valence-corrected chi connectivity index (χ0v) is 21.6. The van der Waals surface area contributed by atoms with E-state index in [9.17, 15) is 8.78 Å². The summed E-state index contributed by atoms with van der Waals surface area (Å²) < 4.78 is 27.5. The summed E-state index contributed by atoms with van der Waals surface area (Å²) in [5.74, 6) is -0.366. The van der Waals surface area contributed by atoms with Crippen molar-refractivity contribution >= 4 is 90.6 Å². The fraction of sp³-hybridized carbons (Fsp3) is 0. The van der Waals surface area contributed by atoms with E-state index < -0.39 is 0 Å². The van der Waals surface area contributed by atoms with Crippen LogP contribution >= 0.6 is 35.8 Å². The SMILES string of the molecule is Fc1ccc(NC(=S)Nc2nc(NC(=S)Nc3ccccc3)nc(Nc3nc4ccc(F)cc4s3)n2)cc1. The molecule has 0 radical (unpaired) electrons. The molecule has 3 aromatic carbocycles.